The summed E-state index contributed by atoms with van der Waals surface area (Å²) in [4.78, 5) is 41.7. The van der Waals surface area contributed by atoms with Crippen molar-refractivity contribution in [3.05, 3.63) is 54.2 Å². The van der Waals surface area contributed by atoms with Crippen LogP contribution >= 0.6 is 0 Å². The average Bonchev–Trinajstić information content (AvgIpc) is 3.14. The standard InChI is InChI=1S/C19H19NO6/c1-3-25-18(22)16(19(23)26-4-2)17(21)14(11-13-8-10-24-12-13)15-7-5-6-9-20-15/h5-12,16H,3-4H2,1-2H3/b14-11+. The van der Waals surface area contributed by atoms with Crippen molar-refractivity contribution in [3.63, 3.8) is 0 Å². The van der Waals surface area contributed by atoms with E-state index in [1.165, 1.54) is 24.8 Å². The highest BCUT2D eigenvalue weighted by Crippen LogP contribution is 2.23. The Morgan fingerprint density at radius 3 is 2.31 bits per heavy atom. The number of carbonyl (C=O) groups excluding carboxylic acids is 3. The van der Waals surface area contributed by atoms with Crippen LogP contribution in [0.4, 0.5) is 0 Å². The van der Waals surface area contributed by atoms with Crippen molar-refractivity contribution in [1.82, 2.24) is 4.98 Å². The predicted molar refractivity (Wildman–Crippen MR) is 92.6 cm³/mol. The van der Waals surface area contributed by atoms with Gasteiger partial charge in [0, 0.05) is 17.3 Å². The number of hydrogen-bond donors (Lipinski definition) is 0. The molecule has 26 heavy (non-hydrogen) atoms. The summed E-state index contributed by atoms with van der Waals surface area (Å²) < 4.78 is 14.8. The second-order valence-corrected chi connectivity index (χ2v) is 5.13. The van der Waals surface area contributed by atoms with E-state index in [1.54, 1.807) is 38.1 Å². The number of nitrogens with zero attached hydrogens (tertiary/aromatic N) is 1. The van der Waals surface area contributed by atoms with E-state index < -0.39 is 23.6 Å². The van der Waals surface area contributed by atoms with E-state index in [9.17, 15) is 14.4 Å². The molecule has 136 valence electrons. The summed E-state index contributed by atoms with van der Waals surface area (Å²) in [5.41, 5.74) is 0.987. The topological polar surface area (TPSA) is 95.7 Å². The summed E-state index contributed by atoms with van der Waals surface area (Å²) in [7, 11) is 0. The zero-order valence-corrected chi connectivity index (χ0v) is 14.5. The molecule has 7 heteroatoms. The summed E-state index contributed by atoms with van der Waals surface area (Å²) in [5, 5.41) is 0. The number of Topliss-reactive ketones (excluding diaryl/α,β-unsaturated/α-hetero) is 1. The van der Waals surface area contributed by atoms with Crippen LogP contribution in [0.25, 0.3) is 11.6 Å². The van der Waals surface area contributed by atoms with Gasteiger partial charge >= 0.3 is 11.9 Å². The number of ketones is 1. The lowest BCUT2D eigenvalue weighted by atomic mass is 9.93. The van der Waals surface area contributed by atoms with Crippen molar-refractivity contribution in [2.24, 2.45) is 5.92 Å². The normalized spacial score (nSPS) is 11.3. The van der Waals surface area contributed by atoms with E-state index in [0.717, 1.165) is 0 Å². The lowest BCUT2D eigenvalue weighted by Crippen LogP contribution is -2.35. The van der Waals surface area contributed by atoms with Crippen LogP contribution < -0.4 is 0 Å². The smallest absolute Gasteiger partial charge is 0.328 e. The van der Waals surface area contributed by atoms with Gasteiger partial charge in [0.05, 0.1) is 31.4 Å². The summed E-state index contributed by atoms with van der Waals surface area (Å²) in [5.74, 6) is -4.37. The first-order chi connectivity index (χ1) is 12.6. The first kappa shape index (κ1) is 19.1. The molecule has 2 aromatic heterocycles. The van der Waals surface area contributed by atoms with Crippen LogP contribution in [0.15, 0.2) is 47.4 Å². The van der Waals surface area contributed by atoms with Crippen molar-refractivity contribution >= 4 is 29.4 Å². The summed E-state index contributed by atoms with van der Waals surface area (Å²) in [6, 6.07) is 6.64. The molecule has 0 aromatic carbocycles. The molecular weight excluding hydrogens is 338 g/mol. The van der Waals surface area contributed by atoms with E-state index >= 15 is 0 Å². The highest BCUT2D eigenvalue weighted by Gasteiger charge is 2.39. The first-order valence-electron chi connectivity index (χ1n) is 8.11. The van der Waals surface area contributed by atoms with Crippen LogP contribution in [0, 0.1) is 5.92 Å². The Labute approximate surface area is 150 Å². The number of pyridine rings is 1. The van der Waals surface area contributed by atoms with Crippen LogP contribution in [0.2, 0.25) is 0 Å². The Kier molecular flexibility index (Phi) is 6.84. The molecule has 0 amide bonds. The van der Waals surface area contributed by atoms with Crippen molar-refractivity contribution < 1.29 is 28.3 Å². The number of esters is 2. The molecule has 2 aromatic rings. The summed E-state index contributed by atoms with van der Waals surface area (Å²) >= 11 is 0. The van der Waals surface area contributed by atoms with E-state index in [1.807, 2.05) is 0 Å². The molecular formula is C19H19NO6. The van der Waals surface area contributed by atoms with E-state index in [4.69, 9.17) is 13.9 Å². The Balaban J connectivity index is 2.48. The van der Waals surface area contributed by atoms with Crippen molar-refractivity contribution in [2.45, 2.75) is 13.8 Å². The minimum atomic E-state index is -1.71. The molecule has 0 saturated carbocycles. The number of furan rings is 1. The van der Waals surface area contributed by atoms with Gasteiger partial charge in [0.25, 0.3) is 0 Å². The molecule has 0 spiro atoms. The Morgan fingerprint density at radius 1 is 1.12 bits per heavy atom. The molecule has 0 saturated heterocycles. The second kappa shape index (κ2) is 9.31. The minimum absolute atomic E-state index is 0.0341. The number of ether oxygens (including phenoxy) is 2. The number of allylic oxidation sites excluding steroid dienone is 1. The minimum Gasteiger partial charge on any atom is -0.472 e. The Morgan fingerprint density at radius 2 is 1.81 bits per heavy atom. The van der Waals surface area contributed by atoms with Gasteiger partial charge in [0.1, 0.15) is 0 Å². The Hall–Kier alpha value is -3.22. The van der Waals surface area contributed by atoms with Crippen LogP contribution in [0.5, 0.6) is 0 Å². The van der Waals surface area contributed by atoms with Crippen molar-refractivity contribution in [2.75, 3.05) is 13.2 Å². The van der Waals surface area contributed by atoms with Crippen LogP contribution in [0.1, 0.15) is 25.1 Å². The molecule has 0 aliphatic carbocycles. The first-order valence-corrected chi connectivity index (χ1v) is 8.11. The number of aromatic nitrogens is 1. The SMILES string of the molecule is CCOC(=O)C(C(=O)OCC)C(=O)/C(=C/c1ccoc1)c1ccccn1. The third-order valence-corrected chi connectivity index (χ3v) is 3.37. The van der Waals surface area contributed by atoms with Gasteiger partial charge in [-0.1, -0.05) is 6.07 Å². The molecule has 7 nitrogen and oxygen atoms in total. The van der Waals surface area contributed by atoms with E-state index in [2.05, 4.69) is 4.98 Å². The van der Waals surface area contributed by atoms with Crippen molar-refractivity contribution in [3.8, 4) is 0 Å². The zero-order chi connectivity index (χ0) is 18.9. The fraction of sp³-hybridized carbons (Fsp3) is 0.263. The maximum Gasteiger partial charge on any atom is 0.328 e. The third kappa shape index (κ3) is 4.66. The molecule has 0 bridgehead atoms. The van der Waals surface area contributed by atoms with Gasteiger partial charge < -0.3 is 13.9 Å². The zero-order valence-electron chi connectivity index (χ0n) is 14.5. The molecule has 0 fully saturated rings. The largest absolute Gasteiger partial charge is 0.472 e. The lowest BCUT2D eigenvalue weighted by molar-refractivity contribution is -0.162. The van der Waals surface area contributed by atoms with Gasteiger partial charge in [0.15, 0.2) is 5.78 Å². The quantitative estimate of drug-likeness (QED) is 0.407. The average molecular weight is 357 g/mol. The highest BCUT2D eigenvalue weighted by molar-refractivity contribution is 6.35. The number of carbonyl (C=O) groups is 3. The third-order valence-electron chi connectivity index (χ3n) is 3.37. The van der Waals surface area contributed by atoms with Gasteiger partial charge in [0.2, 0.25) is 5.92 Å². The molecule has 0 unspecified atom stereocenters. The van der Waals surface area contributed by atoms with Gasteiger partial charge in [-0.3, -0.25) is 19.4 Å². The van der Waals surface area contributed by atoms with Crippen LogP contribution in [-0.2, 0) is 23.9 Å². The molecule has 0 N–H and O–H groups in total. The molecule has 2 rings (SSSR count). The van der Waals surface area contributed by atoms with Crippen LogP contribution in [0.3, 0.4) is 0 Å². The predicted octanol–water partition coefficient (Wildman–Crippen LogP) is 2.53. The van der Waals surface area contributed by atoms with Gasteiger partial charge in [-0.15, -0.1) is 0 Å². The van der Waals surface area contributed by atoms with Crippen molar-refractivity contribution in [1.29, 1.82) is 0 Å². The maximum absolute atomic E-state index is 13.1. The van der Waals surface area contributed by atoms with E-state index in [0.29, 0.717) is 11.3 Å². The molecule has 0 radical (unpaired) electrons. The van der Waals surface area contributed by atoms with E-state index in [-0.39, 0.29) is 18.8 Å². The molecule has 0 aliphatic rings. The summed E-state index contributed by atoms with van der Waals surface area (Å²) in [6.45, 7) is 3.25. The number of rotatable bonds is 8. The highest BCUT2D eigenvalue weighted by atomic mass is 16.6. The Bertz CT molecular complexity index is 762. The summed E-state index contributed by atoms with van der Waals surface area (Å²) in [6.07, 6.45) is 5.88. The van der Waals surface area contributed by atoms with Gasteiger partial charge in [-0.25, -0.2) is 0 Å². The fourth-order valence-corrected chi connectivity index (χ4v) is 2.23. The number of hydrogen-bond acceptors (Lipinski definition) is 7. The molecule has 0 aliphatic heterocycles. The lowest BCUT2D eigenvalue weighted by Gasteiger charge is -2.15. The monoisotopic (exact) mass is 357 g/mol. The van der Waals surface area contributed by atoms with Gasteiger partial charge in [-0.05, 0) is 38.1 Å². The maximum atomic E-state index is 13.1. The second-order valence-electron chi connectivity index (χ2n) is 5.13. The fourth-order valence-electron chi connectivity index (χ4n) is 2.23. The molecule has 0 atom stereocenters. The van der Waals surface area contributed by atoms with Crippen LogP contribution in [-0.4, -0.2) is 35.9 Å². The van der Waals surface area contributed by atoms with Gasteiger partial charge in [-0.2, -0.15) is 0 Å². The molecule has 2 heterocycles.